The number of hydrogen-bond donors (Lipinski definition) is 1. The van der Waals surface area contributed by atoms with E-state index in [1.807, 2.05) is 45.1 Å². The van der Waals surface area contributed by atoms with E-state index in [-0.39, 0.29) is 30.2 Å². The molecule has 4 aliphatic rings. The van der Waals surface area contributed by atoms with Gasteiger partial charge in [-0.2, -0.15) is 0 Å². The molecule has 1 spiro atoms. The minimum atomic E-state index is -0.937. The number of halogens is 1. The minimum absolute atomic E-state index is 0.0300. The number of anilines is 1. The van der Waals surface area contributed by atoms with Gasteiger partial charge in [0.2, 0.25) is 11.8 Å². The Hall–Kier alpha value is -2.29. The molecule has 1 aromatic carbocycles. The van der Waals surface area contributed by atoms with E-state index in [0.717, 1.165) is 6.42 Å². The number of thioether (sulfide) groups is 1. The second-order valence-electron chi connectivity index (χ2n) is 10.8. The van der Waals surface area contributed by atoms with E-state index >= 15 is 0 Å². The Bertz CT molecular complexity index is 1170. The Kier molecular flexibility index (Phi) is 6.74. The van der Waals surface area contributed by atoms with Gasteiger partial charge >= 0.3 is 0 Å². The average Bonchev–Trinajstić information content (AvgIpc) is 3.15. The van der Waals surface area contributed by atoms with Crippen LogP contribution < -0.4 is 4.90 Å². The third-order valence-corrected chi connectivity index (χ3v) is 10.7. The third kappa shape index (κ3) is 3.86. The molecule has 198 valence electrons. The molecule has 1 unspecified atom stereocenters. The van der Waals surface area contributed by atoms with Crippen molar-refractivity contribution in [3.8, 4) is 0 Å². The van der Waals surface area contributed by atoms with E-state index in [0.29, 0.717) is 23.8 Å². The Morgan fingerprint density at radius 3 is 2.38 bits per heavy atom. The molecule has 37 heavy (non-hydrogen) atoms. The molecule has 0 aromatic heterocycles. The summed E-state index contributed by atoms with van der Waals surface area (Å²) in [6.07, 6.45) is 8.72. The molecule has 3 amide bonds. The zero-order valence-corrected chi connectivity index (χ0v) is 23.2. The standard InChI is InChI=1S/C28H34ClN3O4S/c1-5-17(2)20(16-33)32-23-26(36)31(19-10-8-18(29)9-11-19)15-7-13-28(23)22(25(32)35)21-24(34)30(4)14-6-12-27(21,3)37-28/h6-13,17,20-23,33H,5,14-16H2,1-4H3/t17-,20-,21-,22-,23?,27+,28-/m0/s1. The fourth-order valence-electron chi connectivity index (χ4n) is 6.61. The summed E-state index contributed by atoms with van der Waals surface area (Å²) in [6.45, 7) is 6.59. The summed E-state index contributed by atoms with van der Waals surface area (Å²) in [5.41, 5.74) is 0.690. The summed E-state index contributed by atoms with van der Waals surface area (Å²) < 4.78 is -1.58. The van der Waals surface area contributed by atoms with Crippen molar-refractivity contribution in [1.82, 2.24) is 9.80 Å². The topological polar surface area (TPSA) is 81.2 Å². The van der Waals surface area contributed by atoms with Crippen molar-refractivity contribution in [2.45, 2.75) is 48.8 Å². The lowest BCUT2D eigenvalue weighted by atomic mass is 9.74. The molecule has 1 N–H and O–H groups in total. The molecule has 9 heteroatoms. The van der Waals surface area contributed by atoms with Gasteiger partial charge in [-0.25, -0.2) is 0 Å². The van der Waals surface area contributed by atoms with Crippen molar-refractivity contribution in [2.75, 3.05) is 31.6 Å². The highest BCUT2D eigenvalue weighted by molar-refractivity contribution is 8.02. The average molecular weight is 544 g/mol. The number of amides is 3. The van der Waals surface area contributed by atoms with Crippen LogP contribution >= 0.6 is 23.4 Å². The van der Waals surface area contributed by atoms with Crippen LogP contribution in [-0.2, 0) is 14.4 Å². The summed E-state index contributed by atoms with van der Waals surface area (Å²) in [4.78, 5) is 47.7. The number of likely N-dealkylation sites (N-methyl/N-ethyl adjacent to an activating group) is 1. The second-order valence-corrected chi connectivity index (χ2v) is 13.1. The first-order valence-electron chi connectivity index (χ1n) is 12.9. The van der Waals surface area contributed by atoms with Gasteiger partial charge in [-0.15, -0.1) is 11.8 Å². The smallest absolute Gasteiger partial charge is 0.251 e. The molecule has 4 heterocycles. The molecule has 0 saturated carbocycles. The van der Waals surface area contributed by atoms with Crippen LogP contribution in [0.3, 0.4) is 0 Å². The van der Waals surface area contributed by atoms with Crippen LogP contribution in [0.4, 0.5) is 5.69 Å². The first kappa shape index (κ1) is 26.3. The molecule has 0 aliphatic carbocycles. The number of carbonyl (C=O) groups excluding carboxylic acids is 3. The molecule has 7 atom stereocenters. The normalized spacial score (nSPS) is 34.7. The Morgan fingerprint density at radius 1 is 1.05 bits per heavy atom. The maximum Gasteiger partial charge on any atom is 0.251 e. The summed E-state index contributed by atoms with van der Waals surface area (Å²) in [5.74, 6) is -1.87. The summed E-state index contributed by atoms with van der Waals surface area (Å²) in [6, 6.07) is 5.70. The van der Waals surface area contributed by atoms with E-state index in [2.05, 4.69) is 0 Å². The van der Waals surface area contributed by atoms with Gasteiger partial charge in [-0.05, 0) is 37.1 Å². The fraction of sp³-hybridized carbons (Fsp3) is 0.536. The first-order valence-corrected chi connectivity index (χ1v) is 14.1. The number of aliphatic hydroxyl groups excluding tert-OH is 1. The second kappa shape index (κ2) is 9.47. The van der Waals surface area contributed by atoms with Crippen LogP contribution in [0, 0.1) is 17.8 Å². The van der Waals surface area contributed by atoms with Crippen LogP contribution in [0.2, 0.25) is 5.02 Å². The van der Waals surface area contributed by atoms with Crippen LogP contribution in [0.1, 0.15) is 27.2 Å². The SMILES string of the molecule is CC[C@H](C)[C@H](CO)N1C(=O)[C@@H]2[C@H]3C(=O)N(C)CC=C[C@@]3(C)S[C@@]23C=CCN(c2ccc(Cl)cc2)C(=O)C13. The first-order chi connectivity index (χ1) is 17.6. The predicted molar refractivity (Wildman–Crippen MR) is 146 cm³/mol. The highest BCUT2D eigenvalue weighted by Crippen LogP contribution is 2.66. The van der Waals surface area contributed by atoms with Gasteiger partial charge in [0.15, 0.2) is 0 Å². The van der Waals surface area contributed by atoms with Crippen molar-refractivity contribution >= 4 is 46.8 Å². The van der Waals surface area contributed by atoms with Crippen molar-refractivity contribution in [1.29, 1.82) is 0 Å². The molecule has 0 radical (unpaired) electrons. The lowest BCUT2D eigenvalue weighted by Crippen LogP contribution is -2.58. The van der Waals surface area contributed by atoms with Crippen molar-refractivity contribution in [3.63, 3.8) is 0 Å². The highest BCUT2D eigenvalue weighted by Gasteiger charge is 2.74. The molecule has 0 bridgehead atoms. The van der Waals surface area contributed by atoms with E-state index in [1.165, 1.54) is 0 Å². The van der Waals surface area contributed by atoms with Crippen LogP contribution in [0.15, 0.2) is 48.6 Å². The van der Waals surface area contributed by atoms with Gasteiger partial charge in [0.25, 0.3) is 5.91 Å². The molecule has 2 fully saturated rings. The largest absolute Gasteiger partial charge is 0.394 e. The molecule has 5 rings (SSSR count). The highest BCUT2D eigenvalue weighted by atomic mass is 35.5. The van der Waals surface area contributed by atoms with Gasteiger partial charge in [0.05, 0.1) is 29.2 Å². The summed E-state index contributed by atoms with van der Waals surface area (Å²) in [5, 5.41) is 11.1. The molecule has 4 aliphatic heterocycles. The van der Waals surface area contributed by atoms with Gasteiger partial charge < -0.3 is 19.8 Å². The predicted octanol–water partition coefficient (Wildman–Crippen LogP) is 3.37. The van der Waals surface area contributed by atoms with Crippen molar-refractivity contribution < 1.29 is 19.5 Å². The quantitative estimate of drug-likeness (QED) is 0.576. The van der Waals surface area contributed by atoms with Crippen LogP contribution in [0.25, 0.3) is 0 Å². The fourth-order valence-corrected chi connectivity index (χ4v) is 8.88. The number of aliphatic hydroxyl groups is 1. The van der Waals surface area contributed by atoms with Gasteiger partial charge in [-0.1, -0.05) is 56.2 Å². The molecule has 1 aromatic rings. The van der Waals surface area contributed by atoms with Crippen LogP contribution in [0.5, 0.6) is 0 Å². The Morgan fingerprint density at radius 2 is 1.73 bits per heavy atom. The monoisotopic (exact) mass is 543 g/mol. The Labute approximate surface area is 227 Å². The zero-order chi connectivity index (χ0) is 26.7. The number of rotatable bonds is 5. The molecular formula is C28H34ClN3O4S. The van der Waals surface area contributed by atoms with Crippen LogP contribution in [-0.4, -0.2) is 80.9 Å². The lowest BCUT2D eigenvalue weighted by Gasteiger charge is -2.41. The lowest BCUT2D eigenvalue weighted by molar-refractivity contribution is -0.145. The van der Waals surface area contributed by atoms with Crippen molar-refractivity contribution in [2.24, 2.45) is 17.8 Å². The molecule has 2 saturated heterocycles. The van der Waals surface area contributed by atoms with Gasteiger partial charge in [0.1, 0.15) is 6.04 Å². The Balaban J connectivity index is 1.69. The maximum atomic E-state index is 14.5. The van der Waals surface area contributed by atoms with Gasteiger partial charge in [-0.3, -0.25) is 14.4 Å². The van der Waals surface area contributed by atoms with E-state index in [4.69, 9.17) is 11.6 Å². The molecular weight excluding hydrogens is 510 g/mol. The zero-order valence-electron chi connectivity index (χ0n) is 21.6. The number of likely N-dealkylation sites (tertiary alicyclic amines) is 1. The summed E-state index contributed by atoms with van der Waals surface area (Å²) >= 11 is 7.67. The van der Waals surface area contributed by atoms with E-state index in [9.17, 15) is 19.5 Å². The number of fused-ring (bicyclic) bond motifs is 2. The number of hydrogen-bond acceptors (Lipinski definition) is 5. The molecule has 7 nitrogen and oxygen atoms in total. The number of nitrogens with zero attached hydrogens (tertiary/aromatic N) is 3. The van der Waals surface area contributed by atoms with E-state index in [1.54, 1.807) is 57.8 Å². The number of carbonyl (C=O) groups is 3. The van der Waals surface area contributed by atoms with E-state index < -0.39 is 33.4 Å². The van der Waals surface area contributed by atoms with Crippen molar-refractivity contribution in [3.05, 3.63) is 53.6 Å². The van der Waals surface area contributed by atoms with Gasteiger partial charge in [0, 0.05) is 35.6 Å². The number of benzene rings is 1. The maximum absolute atomic E-state index is 14.5. The third-order valence-electron chi connectivity index (χ3n) is 8.68. The minimum Gasteiger partial charge on any atom is -0.394 e. The summed E-state index contributed by atoms with van der Waals surface area (Å²) in [7, 11) is 1.76.